The molecule has 0 fully saturated rings. The van der Waals surface area contributed by atoms with Crippen LogP contribution < -0.4 is 5.32 Å². The first kappa shape index (κ1) is 20.1. The first-order chi connectivity index (χ1) is 11.4. The Morgan fingerprint density at radius 1 is 1.25 bits per heavy atom. The summed E-state index contributed by atoms with van der Waals surface area (Å²) in [6.45, 7) is 3.28. The Morgan fingerprint density at radius 3 is 2.54 bits per heavy atom. The van der Waals surface area contributed by atoms with Crippen LogP contribution in [0.25, 0.3) is 0 Å². The summed E-state index contributed by atoms with van der Waals surface area (Å²) in [6, 6.07) is 9.82. The highest BCUT2D eigenvalue weighted by molar-refractivity contribution is 5.89. The van der Waals surface area contributed by atoms with Gasteiger partial charge < -0.3 is 15.5 Å². The van der Waals surface area contributed by atoms with E-state index in [9.17, 15) is 14.7 Å². The first-order valence-electron chi connectivity index (χ1n) is 8.17. The molecule has 0 heterocycles. The van der Waals surface area contributed by atoms with E-state index in [0.29, 0.717) is 25.8 Å². The van der Waals surface area contributed by atoms with Gasteiger partial charge in [-0.05, 0) is 24.5 Å². The van der Waals surface area contributed by atoms with Gasteiger partial charge in [0, 0.05) is 18.4 Å². The fraction of sp³-hybridized carbons (Fsp3) is 0.474. The highest BCUT2D eigenvalue weighted by atomic mass is 16.3. The number of amides is 1. The number of aryl methyl sites for hydroxylation is 1. The maximum Gasteiger partial charge on any atom is 0.249 e. The molecule has 3 N–H and O–H groups in total. The van der Waals surface area contributed by atoms with Gasteiger partial charge in [-0.25, -0.2) is 0 Å². The molecule has 0 bridgehead atoms. The average Bonchev–Trinajstić information content (AvgIpc) is 2.59. The van der Waals surface area contributed by atoms with Crippen molar-refractivity contribution in [2.75, 3.05) is 13.2 Å². The summed E-state index contributed by atoms with van der Waals surface area (Å²) in [5.74, 6) is -0.468. The number of hydrogen-bond donors (Lipinski definition) is 3. The zero-order chi connectivity index (χ0) is 18.0. The predicted octanol–water partition coefficient (Wildman–Crippen LogP) is 1.63. The van der Waals surface area contributed by atoms with E-state index in [0.717, 1.165) is 5.56 Å². The van der Waals surface area contributed by atoms with Gasteiger partial charge in [0.25, 0.3) is 0 Å². The topological polar surface area (TPSA) is 86.6 Å². The molecule has 1 aromatic rings. The smallest absolute Gasteiger partial charge is 0.249 e. The van der Waals surface area contributed by atoms with E-state index in [1.807, 2.05) is 30.3 Å². The third kappa shape index (κ3) is 7.06. The summed E-state index contributed by atoms with van der Waals surface area (Å²) in [4.78, 5) is 23.5. The van der Waals surface area contributed by atoms with Gasteiger partial charge in [0.2, 0.25) is 5.91 Å². The Bertz CT molecular complexity index is 552. The van der Waals surface area contributed by atoms with E-state index < -0.39 is 17.4 Å². The van der Waals surface area contributed by atoms with Crippen LogP contribution in [0.15, 0.2) is 42.5 Å². The summed E-state index contributed by atoms with van der Waals surface area (Å²) in [5, 5.41) is 21.5. The Balaban J connectivity index is 2.23. The molecule has 1 atom stereocenters. The van der Waals surface area contributed by atoms with E-state index in [1.165, 1.54) is 6.08 Å². The van der Waals surface area contributed by atoms with E-state index >= 15 is 0 Å². The minimum atomic E-state index is -1.26. The van der Waals surface area contributed by atoms with Crippen molar-refractivity contribution in [1.82, 2.24) is 5.32 Å². The normalized spacial score (nSPS) is 13.0. The maximum absolute atomic E-state index is 11.8. The Labute approximate surface area is 143 Å². The van der Waals surface area contributed by atoms with Crippen LogP contribution in [0.4, 0.5) is 0 Å². The quantitative estimate of drug-likeness (QED) is 0.449. The third-order valence-electron chi connectivity index (χ3n) is 3.81. The van der Waals surface area contributed by atoms with E-state index in [4.69, 9.17) is 5.11 Å². The van der Waals surface area contributed by atoms with E-state index in [2.05, 4.69) is 5.32 Å². The van der Waals surface area contributed by atoms with Gasteiger partial charge >= 0.3 is 0 Å². The lowest BCUT2D eigenvalue weighted by Crippen LogP contribution is -2.45. The van der Waals surface area contributed by atoms with Crippen molar-refractivity contribution in [3.8, 4) is 0 Å². The molecule has 1 aromatic carbocycles. The van der Waals surface area contributed by atoms with Crippen molar-refractivity contribution in [2.24, 2.45) is 5.41 Å². The molecular formula is C19H27NO4. The van der Waals surface area contributed by atoms with Crippen molar-refractivity contribution >= 4 is 11.7 Å². The van der Waals surface area contributed by atoms with Crippen LogP contribution in [0, 0.1) is 5.41 Å². The molecule has 5 heteroatoms. The van der Waals surface area contributed by atoms with Gasteiger partial charge in [0.15, 0.2) is 5.78 Å². The van der Waals surface area contributed by atoms with Crippen LogP contribution in [0.2, 0.25) is 0 Å². The summed E-state index contributed by atoms with van der Waals surface area (Å²) in [6.07, 6.45) is 3.66. The number of hydrogen-bond acceptors (Lipinski definition) is 4. The molecule has 0 spiro atoms. The molecule has 5 nitrogen and oxygen atoms in total. The largest absolute Gasteiger partial charge is 0.396 e. The summed E-state index contributed by atoms with van der Waals surface area (Å²) >= 11 is 0. The number of benzene rings is 1. The lowest BCUT2D eigenvalue weighted by molar-refractivity contribution is -0.137. The van der Waals surface area contributed by atoms with Gasteiger partial charge in [-0.15, -0.1) is 0 Å². The second-order valence-electron chi connectivity index (χ2n) is 6.48. The van der Waals surface area contributed by atoms with Crippen molar-refractivity contribution in [3.05, 3.63) is 48.0 Å². The van der Waals surface area contributed by atoms with Crippen molar-refractivity contribution < 1.29 is 19.8 Å². The molecule has 1 amide bonds. The monoisotopic (exact) mass is 333 g/mol. The third-order valence-corrected chi connectivity index (χ3v) is 3.81. The maximum atomic E-state index is 11.8. The van der Waals surface area contributed by atoms with Crippen LogP contribution in [0.1, 0.15) is 32.3 Å². The highest BCUT2D eigenvalue weighted by Gasteiger charge is 2.32. The van der Waals surface area contributed by atoms with E-state index in [-0.39, 0.29) is 12.4 Å². The zero-order valence-electron chi connectivity index (χ0n) is 14.4. The molecule has 0 aliphatic rings. The van der Waals surface area contributed by atoms with Crippen LogP contribution >= 0.6 is 0 Å². The fourth-order valence-corrected chi connectivity index (χ4v) is 2.03. The molecular weight excluding hydrogens is 306 g/mol. The number of ketones is 1. The first-order valence-corrected chi connectivity index (χ1v) is 8.17. The number of allylic oxidation sites excluding steroid dienone is 1. The molecule has 0 aliphatic heterocycles. The predicted molar refractivity (Wildman–Crippen MR) is 93.4 cm³/mol. The lowest BCUT2D eigenvalue weighted by Gasteiger charge is -2.27. The van der Waals surface area contributed by atoms with Crippen molar-refractivity contribution in [1.29, 1.82) is 0 Å². The molecule has 1 unspecified atom stereocenters. The SMILES string of the molecule is CC(C)(CO)C(O)C(=O)NCCC=CC(=O)CCc1ccccc1. The second-order valence-corrected chi connectivity index (χ2v) is 6.48. The van der Waals surface area contributed by atoms with Crippen LogP contribution in [-0.2, 0) is 16.0 Å². The number of rotatable bonds is 10. The van der Waals surface area contributed by atoms with Crippen LogP contribution in [0.3, 0.4) is 0 Å². The standard InChI is InChI=1S/C19H27NO4/c1-19(2,14-21)17(23)18(24)20-13-7-6-10-16(22)12-11-15-8-4-3-5-9-15/h3-6,8-10,17,21,23H,7,11-14H2,1-2H3,(H,20,24). The second kappa shape index (κ2) is 10.0. The number of carbonyl (C=O) groups is 2. The number of aliphatic hydroxyl groups is 2. The van der Waals surface area contributed by atoms with Gasteiger partial charge in [-0.3, -0.25) is 9.59 Å². The Kier molecular flexibility index (Phi) is 8.36. The van der Waals surface area contributed by atoms with Gasteiger partial charge in [0.1, 0.15) is 6.10 Å². The van der Waals surface area contributed by atoms with Crippen molar-refractivity contribution in [3.63, 3.8) is 0 Å². The Hall–Kier alpha value is -1.98. The van der Waals surface area contributed by atoms with Crippen LogP contribution in [-0.4, -0.2) is 41.2 Å². The highest BCUT2D eigenvalue weighted by Crippen LogP contribution is 2.19. The molecule has 1 rings (SSSR count). The molecule has 0 radical (unpaired) electrons. The molecule has 0 saturated carbocycles. The molecule has 0 saturated heterocycles. The number of aliphatic hydroxyl groups excluding tert-OH is 2. The minimum absolute atomic E-state index is 0.0478. The number of nitrogens with one attached hydrogen (secondary N) is 1. The lowest BCUT2D eigenvalue weighted by atomic mass is 9.87. The molecule has 0 aromatic heterocycles. The fourth-order valence-electron chi connectivity index (χ4n) is 2.03. The minimum Gasteiger partial charge on any atom is -0.396 e. The number of carbonyl (C=O) groups excluding carboxylic acids is 2. The summed E-state index contributed by atoms with van der Waals surface area (Å²) in [5.41, 5.74) is 0.250. The van der Waals surface area contributed by atoms with Gasteiger partial charge in [-0.2, -0.15) is 0 Å². The van der Waals surface area contributed by atoms with Crippen molar-refractivity contribution in [2.45, 2.75) is 39.2 Å². The van der Waals surface area contributed by atoms with Gasteiger partial charge in [-0.1, -0.05) is 50.3 Å². The Morgan fingerprint density at radius 2 is 1.92 bits per heavy atom. The van der Waals surface area contributed by atoms with Gasteiger partial charge in [0.05, 0.1) is 6.61 Å². The zero-order valence-corrected chi connectivity index (χ0v) is 14.4. The summed E-state index contributed by atoms with van der Waals surface area (Å²) in [7, 11) is 0. The van der Waals surface area contributed by atoms with Crippen LogP contribution in [0.5, 0.6) is 0 Å². The van der Waals surface area contributed by atoms with E-state index in [1.54, 1.807) is 19.9 Å². The molecule has 132 valence electrons. The molecule has 0 aliphatic carbocycles. The summed E-state index contributed by atoms with van der Waals surface area (Å²) < 4.78 is 0. The molecule has 24 heavy (non-hydrogen) atoms. The average molecular weight is 333 g/mol.